The molecule has 1 spiro atoms. The van der Waals surface area contributed by atoms with Gasteiger partial charge in [0.25, 0.3) is 0 Å². The largest absolute Gasteiger partial charge is 0.0663 e. The van der Waals surface area contributed by atoms with Crippen molar-refractivity contribution >= 4 is 50.0 Å². The van der Waals surface area contributed by atoms with Crippen molar-refractivity contribution in [2.45, 2.75) is 0 Å². The summed E-state index contributed by atoms with van der Waals surface area (Å²) >= 11 is 3.89. The second-order valence-corrected chi connectivity index (χ2v) is 9.29. The van der Waals surface area contributed by atoms with Gasteiger partial charge in [-0.15, -0.1) is 0 Å². The van der Waals surface area contributed by atoms with Gasteiger partial charge in [-0.05, 0) is 60.5 Å². The van der Waals surface area contributed by atoms with Crippen LogP contribution < -0.4 is 20.9 Å². The van der Waals surface area contributed by atoms with Gasteiger partial charge >= 0.3 is 0 Å². The van der Waals surface area contributed by atoms with E-state index in [4.69, 9.17) is 0 Å². The van der Waals surface area contributed by atoms with E-state index < -0.39 is 0 Å². The van der Waals surface area contributed by atoms with Gasteiger partial charge in [-0.1, -0.05) is 107 Å². The number of halogens is 1. The summed E-state index contributed by atoms with van der Waals surface area (Å²) in [6, 6.07) is 21.8. The molecule has 1 heteroatoms. The van der Waals surface area contributed by atoms with E-state index >= 15 is 0 Å². The third-order valence-electron chi connectivity index (χ3n) is 6.67. The normalized spacial score (nSPS) is 22.5. The Bertz CT molecular complexity index is 1690. The number of allylic oxidation sites excluding steroid dienone is 8. The summed E-state index contributed by atoms with van der Waals surface area (Å²) in [5, 5.41) is 7.92. The molecule has 0 aromatic heterocycles. The Labute approximate surface area is 182 Å². The molecule has 4 aliphatic carbocycles. The van der Waals surface area contributed by atoms with Crippen LogP contribution in [-0.4, -0.2) is 0 Å². The fourth-order valence-corrected chi connectivity index (χ4v) is 6.17. The molecule has 0 fully saturated rings. The molecule has 7 rings (SSSR count). The summed E-state index contributed by atoms with van der Waals surface area (Å²) in [5.41, 5.74) is 5.05. The van der Waals surface area contributed by atoms with Crippen molar-refractivity contribution in [3.8, 4) is 0 Å². The van der Waals surface area contributed by atoms with Gasteiger partial charge in [-0.25, -0.2) is 0 Å². The third-order valence-corrected chi connectivity index (χ3v) is 7.29. The lowest BCUT2D eigenvalue weighted by Crippen LogP contribution is -2.24. The molecule has 0 radical (unpaired) electrons. The minimum Gasteiger partial charge on any atom is -0.0663 e. The second kappa shape index (κ2) is 5.71. The minimum absolute atomic E-state index is 0.205. The van der Waals surface area contributed by atoms with Crippen molar-refractivity contribution < 1.29 is 0 Å². The first-order valence-corrected chi connectivity index (χ1v) is 11.1. The average molecular weight is 445 g/mol. The van der Waals surface area contributed by atoms with Crippen molar-refractivity contribution in [1.29, 1.82) is 0 Å². The van der Waals surface area contributed by atoms with Gasteiger partial charge in [0, 0.05) is 15.5 Å². The molecule has 3 aromatic carbocycles. The van der Waals surface area contributed by atoms with Gasteiger partial charge in [-0.2, -0.15) is 0 Å². The number of fused-ring (bicyclic) bond motifs is 6. The van der Waals surface area contributed by atoms with E-state index in [0.29, 0.717) is 0 Å². The highest BCUT2D eigenvalue weighted by molar-refractivity contribution is 9.12. The number of rotatable bonds is 0. The Kier molecular flexibility index (Phi) is 3.16. The smallest absolute Gasteiger partial charge is 0.0458 e. The molecule has 0 heterocycles. The molecule has 0 amide bonds. The maximum absolute atomic E-state index is 3.89. The molecule has 30 heavy (non-hydrogen) atoms. The lowest BCUT2D eigenvalue weighted by molar-refractivity contribution is 0.802. The van der Waals surface area contributed by atoms with Crippen molar-refractivity contribution in [2.75, 3.05) is 0 Å². The number of hydrogen-bond donors (Lipinski definition) is 0. The summed E-state index contributed by atoms with van der Waals surface area (Å²) in [6.45, 7) is 0. The molecular weight excluding hydrogens is 428 g/mol. The van der Waals surface area contributed by atoms with Crippen LogP contribution in [0.1, 0.15) is 0 Å². The van der Waals surface area contributed by atoms with Crippen LogP contribution in [0.15, 0.2) is 107 Å². The highest BCUT2D eigenvalue weighted by Gasteiger charge is 2.32. The molecule has 4 aliphatic rings. The number of hydrogen-bond acceptors (Lipinski definition) is 0. The van der Waals surface area contributed by atoms with Gasteiger partial charge in [0.15, 0.2) is 0 Å². The molecular formula is C29H17Br. The van der Waals surface area contributed by atoms with E-state index in [1.165, 1.54) is 58.4 Å². The van der Waals surface area contributed by atoms with E-state index in [-0.39, 0.29) is 5.41 Å². The first kappa shape index (κ1) is 16.6. The fourth-order valence-electron chi connectivity index (χ4n) is 5.33. The van der Waals surface area contributed by atoms with Crippen LogP contribution in [0.2, 0.25) is 0 Å². The average Bonchev–Trinajstić information content (AvgIpc) is 3.31. The highest BCUT2D eigenvalue weighted by atomic mass is 79.9. The molecule has 0 N–H and O–H groups in total. The summed E-state index contributed by atoms with van der Waals surface area (Å²) in [4.78, 5) is 0. The third kappa shape index (κ3) is 2.16. The van der Waals surface area contributed by atoms with Crippen molar-refractivity contribution in [2.24, 2.45) is 5.41 Å². The molecule has 0 aliphatic heterocycles. The molecule has 0 saturated carbocycles. The zero-order valence-electron chi connectivity index (χ0n) is 16.2. The van der Waals surface area contributed by atoms with Crippen LogP contribution in [-0.2, 0) is 0 Å². The SMILES string of the molecule is BrC1=CC2(C=CC3=c4ccc5ccccc5c4=CC3=C2)C=C2C=c3ccccc3=C12. The summed E-state index contributed by atoms with van der Waals surface area (Å²) in [6.07, 6.45) is 16.5. The summed E-state index contributed by atoms with van der Waals surface area (Å²) < 4.78 is 1.17. The maximum Gasteiger partial charge on any atom is 0.0458 e. The Balaban J connectivity index is 1.47. The van der Waals surface area contributed by atoms with E-state index in [1.807, 2.05) is 0 Å². The van der Waals surface area contributed by atoms with Gasteiger partial charge < -0.3 is 0 Å². The molecule has 0 bridgehead atoms. The van der Waals surface area contributed by atoms with E-state index in [9.17, 15) is 0 Å². The zero-order chi connectivity index (χ0) is 19.9. The molecule has 0 saturated heterocycles. The maximum atomic E-state index is 3.89. The van der Waals surface area contributed by atoms with Crippen LogP contribution in [0.3, 0.4) is 0 Å². The summed E-state index contributed by atoms with van der Waals surface area (Å²) in [7, 11) is 0. The van der Waals surface area contributed by atoms with E-state index in [1.54, 1.807) is 0 Å². The van der Waals surface area contributed by atoms with Crippen molar-refractivity contribution in [3.63, 3.8) is 0 Å². The van der Waals surface area contributed by atoms with Crippen LogP contribution in [0, 0.1) is 5.41 Å². The molecule has 1 atom stereocenters. The Morgan fingerprint density at radius 2 is 1.53 bits per heavy atom. The Morgan fingerprint density at radius 1 is 0.700 bits per heavy atom. The number of benzene rings is 3. The van der Waals surface area contributed by atoms with Gasteiger partial charge in [0.2, 0.25) is 0 Å². The van der Waals surface area contributed by atoms with Crippen LogP contribution >= 0.6 is 15.9 Å². The first-order chi connectivity index (χ1) is 14.7. The standard InChI is InChI=1S/C29H17Br/c30-27-17-29(16-21-13-19-6-2-4-8-24(19)28(21)27)12-11-23-20(15-29)14-26-22-7-3-1-5-18(22)9-10-25(23)26/h1-17H. The van der Waals surface area contributed by atoms with Crippen molar-refractivity contribution in [1.82, 2.24) is 0 Å². The van der Waals surface area contributed by atoms with Crippen LogP contribution in [0.4, 0.5) is 0 Å². The summed E-state index contributed by atoms with van der Waals surface area (Å²) in [5.74, 6) is 0. The zero-order valence-corrected chi connectivity index (χ0v) is 17.8. The Hall–Kier alpha value is -3.16. The highest BCUT2D eigenvalue weighted by Crippen LogP contribution is 2.45. The lowest BCUT2D eigenvalue weighted by Gasteiger charge is -2.30. The monoisotopic (exact) mass is 444 g/mol. The fraction of sp³-hybridized carbons (Fsp3) is 0.0345. The first-order valence-electron chi connectivity index (χ1n) is 10.3. The topological polar surface area (TPSA) is 0 Å². The predicted molar refractivity (Wildman–Crippen MR) is 129 cm³/mol. The van der Waals surface area contributed by atoms with Crippen molar-refractivity contribution in [3.05, 3.63) is 128 Å². The van der Waals surface area contributed by atoms with Crippen LogP contribution in [0.5, 0.6) is 0 Å². The molecule has 140 valence electrons. The van der Waals surface area contributed by atoms with Crippen LogP contribution in [0.25, 0.3) is 34.1 Å². The van der Waals surface area contributed by atoms with Gasteiger partial charge in [0.05, 0.1) is 0 Å². The lowest BCUT2D eigenvalue weighted by atomic mass is 9.75. The minimum atomic E-state index is -0.205. The van der Waals surface area contributed by atoms with E-state index in [2.05, 4.69) is 119 Å². The molecule has 3 aromatic rings. The van der Waals surface area contributed by atoms with E-state index in [0.717, 1.165) is 0 Å². The Morgan fingerprint density at radius 3 is 2.50 bits per heavy atom. The molecule has 1 unspecified atom stereocenters. The second-order valence-electron chi connectivity index (χ2n) is 8.44. The quantitative estimate of drug-likeness (QED) is 0.488. The molecule has 0 nitrogen and oxygen atoms in total. The van der Waals surface area contributed by atoms with Gasteiger partial charge in [0.1, 0.15) is 0 Å². The van der Waals surface area contributed by atoms with Gasteiger partial charge in [-0.3, -0.25) is 0 Å². The predicted octanol–water partition coefficient (Wildman–Crippen LogP) is 4.13.